The summed E-state index contributed by atoms with van der Waals surface area (Å²) in [6.45, 7) is 8.02. The number of hydrogen-bond acceptors (Lipinski definition) is 10. The first-order valence-corrected chi connectivity index (χ1v) is 16.6. The highest BCUT2D eigenvalue weighted by atomic mass is 79.9. The van der Waals surface area contributed by atoms with E-state index in [4.69, 9.17) is 33.4 Å². The van der Waals surface area contributed by atoms with E-state index < -0.39 is 12.0 Å². The van der Waals surface area contributed by atoms with Crippen molar-refractivity contribution >= 4 is 39.3 Å². The first-order valence-electron chi connectivity index (χ1n) is 15.0. The van der Waals surface area contributed by atoms with Crippen molar-refractivity contribution in [1.29, 1.82) is 0 Å². The zero-order valence-corrected chi connectivity index (χ0v) is 28.9. The highest BCUT2D eigenvalue weighted by molar-refractivity contribution is 9.10. The van der Waals surface area contributed by atoms with Crippen LogP contribution < -0.4 is 38.6 Å². The quantitative estimate of drug-likeness (QED) is 0.193. The number of nitrogens with zero attached hydrogens (tertiary/aromatic N) is 2. The number of thiazole rings is 1. The number of halogens is 1. The number of hydrogen-bond donors (Lipinski definition) is 0. The highest BCUT2D eigenvalue weighted by Gasteiger charge is 2.35. The Morgan fingerprint density at radius 1 is 1.11 bits per heavy atom. The van der Waals surface area contributed by atoms with Crippen LogP contribution in [0, 0.1) is 0 Å². The molecule has 0 saturated heterocycles. The minimum Gasteiger partial charge on any atom is -0.493 e. The number of methoxy groups -OCH3 is 1. The van der Waals surface area contributed by atoms with E-state index in [-0.39, 0.29) is 37.2 Å². The van der Waals surface area contributed by atoms with Crippen molar-refractivity contribution in [1.82, 2.24) is 4.57 Å². The molecule has 0 unspecified atom stereocenters. The van der Waals surface area contributed by atoms with Crippen molar-refractivity contribution in [3.8, 4) is 28.7 Å². The Kier molecular flexibility index (Phi) is 9.42. The van der Waals surface area contributed by atoms with Crippen molar-refractivity contribution in [2.45, 2.75) is 46.4 Å². The van der Waals surface area contributed by atoms with Crippen molar-refractivity contribution in [2.75, 3.05) is 20.5 Å². The zero-order valence-electron chi connectivity index (χ0n) is 26.5. The molecule has 244 valence electrons. The molecule has 47 heavy (non-hydrogen) atoms. The number of ether oxygens (including phenoxy) is 6. The summed E-state index contributed by atoms with van der Waals surface area (Å²) in [5.41, 5.74) is 2.73. The predicted molar refractivity (Wildman–Crippen MR) is 180 cm³/mol. The van der Waals surface area contributed by atoms with E-state index in [0.717, 1.165) is 5.56 Å². The van der Waals surface area contributed by atoms with Gasteiger partial charge in [0.05, 0.1) is 35.6 Å². The van der Waals surface area contributed by atoms with Gasteiger partial charge in [0, 0.05) is 10.0 Å². The van der Waals surface area contributed by atoms with Crippen molar-refractivity contribution in [2.24, 2.45) is 4.99 Å². The average Bonchev–Trinajstić information content (AvgIpc) is 3.63. The summed E-state index contributed by atoms with van der Waals surface area (Å²) >= 11 is 4.89. The van der Waals surface area contributed by atoms with Crippen molar-refractivity contribution in [3.05, 3.63) is 107 Å². The molecule has 2 aliphatic heterocycles. The van der Waals surface area contributed by atoms with Gasteiger partial charge >= 0.3 is 5.97 Å². The monoisotopic (exact) mass is 720 g/mol. The SMILES string of the molecule is CCOC(=O)C1=C(C)N=c2s/c(=C/c3cc(OC)c(OCc4ccc5c(c4)OCO5)cc3Br)c(=O)n2[C@H]1c1ccccc1OC(C)C. The number of esters is 1. The topological polar surface area (TPSA) is 107 Å². The van der Waals surface area contributed by atoms with Crippen LogP contribution in [-0.4, -0.2) is 37.1 Å². The fourth-order valence-electron chi connectivity index (χ4n) is 5.42. The molecule has 10 nitrogen and oxygen atoms in total. The lowest BCUT2D eigenvalue weighted by Crippen LogP contribution is -2.40. The van der Waals surface area contributed by atoms with Gasteiger partial charge < -0.3 is 28.4 Å². The van der Waals surface area contributed by atoms with Gasteiger partial charge in [0.25, 0.3) is 5.56 Å². The third kappa shape index (κ3) is 6.52. The fourth-order valence-corrected chi connectivity index (χ4v) is 6.89. The molecule has 4 aromatic rings. The second kappa shape index (κ2) is 13.7. The fraction of sp³-hybridized carbons (Fsp3) is 0.286. The molecule has 0 saturated carbocycles. The van der Waals surface area contributed by atoms with Gasteiger partial charge in [0.15, 0.2) is 27.8 Å². The smallest absolute Gasteiger partial charge is 0.338 e. The van der Waals surface area contributed by atoms with Gasteiger partial charge in [-0.3, -0.25) is 9.36 Å². The van der Waals surface area contributed by atoms with Crippen LogP contribution in [0.15, 0.2) is 80.1 Å². The Hall–Kier alpha value is -4.55. The van der Waals surface area contributed by atoms with Crippen LogP contribution in [-0.2, 0) is 16.1 Å². The molecule has 0 aliphatic carbocycles. The van der Waals surface area contributed by atoms with E-state index >= 15 is 0 Å². The summed E-state index contributed by atoms with van der Waals surface area (Å²) in [6, 6.07) is 15.9. The van der Waals surface area contributed by atoms with Crippen LogP contribution in [0.1, 0.15) is 50.4 Å². The Balaban J connectivity index is 1.40. The molecule has 0 amide bonds. The van der Waals surface area contributed by atoms with Crippen LogP contribution in [0.5, 0.6) is 28.7 Å². The van der Waals surface area contributed by atoms with Gasteiger partial charge in [0.1, 0.15) is 18.4 Å². The average molecular weight is 722 g/mol. The molecule has 0 bridgehead atoms. The van der Waals surface area contributed by atoms with Crippen LogP contribution in [0.3, 0.4) is 0 Å². The van der Waals surface area contributed by atoms with Crippen LogP contribution in [0.4, 0.5) is 0 Å². The summed E-state index contributed by atoms with van der Waals surface area (Å²) in [6.07, 6.45) is 1.65. The number of benzene rings is 3. The number of carbonyl (C=O) groups excluding carboxylic acids is 1. The largest absolute Gasteiger partial charge is 0.493 e. The lowest BCUT2D eigenvalue weighted by molar-refractivity contribution is -0.139. The van der Waals surface area contributed by atoms with E-state index in [1.807, 2.05) is 56.3 Å². The maximum atomic E-state index is 14.2. The summed E-state index contributed by atoms with van der Waals surface area (Å²) in [5.74, 6) is 2.44. The van der Waals surface area contributed by atoms with Gasteiger partial charge in [-0.25, -0.2) is 9.79 Å². The molecule has 2 aliphatic rings. The molecule has 12 heteroatoms. The second-order valence-electron chi connectivity index (χ2n) is 11.0. The van der Waals surface area contributed by atoms with Gasteiger partial charge in [-0.15, -0.1) is 0 Å². The van der Waals surface area contributed by atoms with Gasteiger partial charge in [-0.2, -0.15) is 0 Å². The molecule has 0 N–H and O–H groups in total. The number of rotatable bonds is 10. The number of carbonyl (C=O) groups is 1. The molecular formula is C35H33BrN2O8S. The summed E-state index contributed by atoms with van der Waals surface area (Å²) in [7, 11) is 1.56. The van der Waals surface area contributed by atoms with Crippen LogP contribution in [0.25, 0.3) is 6.08 Å². The Morgan fingerprint density at radius 2 is 1.89 bits per heavy atom. The van der Waals surface area contributed by atoms with Gasteiger partial charge in [-0.1, -0.05) is 51.5 Å². The number of fused-ring (bicyclic) bond motifs is 2. The molecular weight excluding hydrogens is 688 g/mol. The summed E-state index contributed by atoms with van der Waals surface area (Å²) < 4.78 is 36.9. The Labute approximate surface area is 283 Å². The van der Waals surface area contributed by atoms with Crippen LogP contribution in [0.2, 0.25) is 0 Å². The maximum absolute atomic E-state index is 14.2. The van der Waals surface area contributed by atoms with E-state index in [1.165, 1.54) is 11.3 Å². The molecule has 6 rings (SSSR count). The van der Waals surface area contributed by atoms with E-state index in [2.05, 4.69) is 15.9 Å². The number of allylic oxidation sites excluding steroid dienone is 1. The first-order chi connectivity index (χ1) is 22.7. The highest BCUT2D eigenvalue weighted by Crippen LogP contribution is 2.38. The van der Waals surface area contributed by atoms with E-state index in [0.29, 0.717) is 59.4 Å². The van der Waals surface area contributed by atoms with Crippen molar-refractivity contribution < 1.29 is 33.2 Å². The number of para-hydroxylation sites is 1. The molecule has 1 atom stereocenters. The van der Waals surface area contributed by atoms with Crippen LogP contribution >= 0.6 is 27.3 Å². The molecule has 0 fully saturated rings. The minimum atomic E-state index is -0.799. The molecule has 3 heterocycles. The second-order valence-corrected chi connectivity index (χ2v) is 12.9. The van der Waals surface area contributed by atoms with E-state index in [1.54, 1.807) is 43.7 Å². The minimum absolute atomic E-state index is 0.126. The standard InChI is InChI=1S/C35H33BrN2O8S/c1-6-42-34(40)31-20(4)37-35-38(32(31)23-9-7-8-10-25(23)46-19(2)3)33(39)30(47-35)15-22-14-27(41-5)29(16-24(22)36)43-17-21-11-12-26-28(13-21)45-18-44-26/h7-16,19,32H,6,17-18H2,1-5H3/b30-15+/t32-/m0/s1. The van der Waals surface area contributed by atoms with Gasteiger partial charge in [-0.05, 0) is 75.2 Å². The first kappa shape index (κ1) is 32.4. The summed E-state index contributed by atoms with van der Waals surface area (Å²) in [4.78, 5) is 32.7. The molecule has 3 aromatic carbocycles. The molecule has 0 radical (unpaired) electrons. The Bertz CT molecular complexity index is 2070. The predicted octanol–water partition coefficient (Wildman–Crippen LogP) is 5.66. The lowest BCUT2D eigenvalue weighted by atomic mass is 9.95. The third-order valence-electron chi connectivity index (χ3n) is 7.49. The van der Waals surface area contributed by atoms with Gasteiger partial charge in [0.2, 0.25) is 6.79 Å². The zero-order chi connectivity index (χ0) is 33.2. The Morgan fingerprint density at radius 3 is 2.66 bits per heavy atom. The lowest BCUT2D eigenvalue weighted by Gasteiger charge is -2.26. The summed E-state index contributed by atoms with van der Waals surface area (Å²) in [5, 5.41) is 0. The van der Waals surface area contributed by atoms with E-state index in [9.17, 15) is 9.59 Å². The van der Waals surface area contributed by atoms with Crippen molar-refractivity contribution in [3.63, 3.8) is 0 Å². The normalized spacial score (nSPS) is 15.4. The molecule has 0 spiro atoms. The maximum Gasteiger partial charge on any atom is 0.338 e. The molecule has 1 aromatic heterocycles. The number of aromatic nitrogens is 1. The third-order valence-corrected chi connectivity index (χ3v) is 9.16.